The van der Waals surface area contributed by atoms with Crippen LogP contribution in [0, 0.1) is 0 Å². The van der Waals surface area contributed by atoms with E-state index in [1.54, 1.807) is 0 Å². The van der Waals surface area contributed by atoms with E-state index in [-0.39, 0.29) is 18.3 Å². The van der Waals surface area contributed by atoms with Crippen LogP contribution >= 0.6 is 0 Å². The zero-order valence-electron chi connectivity index (χ0n) is 25.7. The molecule has 3 atom stereocenters. The Balaban J connectivity index is 2.62. The first-order valence-electron chi connectivity index (χ1n) is 15.3. The quantitative estimate of drug-likeness (QED) is 0.169. The van der Waals surface area contributed by atoms with Crippen molar-refractivity contribution in [3.63, 3.8) is 0 Å². The summed E-state index contributed by atoms with van der Waals surface area (Å²) in [5.41, 5.74) is 1.62. The second-order valence-corrected chi connectivity index (χ2v) is 31.4. The first kappa shape index (κ1) is 32.6. The Morgan fingerprint density at radius 1 is 0.889 bits per heavy atom. The third-order valence-electron chi connectivity index (χ3n) is 8.90. The Labute approximate surface area is 229 Å². The summed E-state index contributed by atoms with van der Waals surface area (Å²) in [6, 6.07) is 0. The predicted molar refractivity (Wildman–Crippen MR) is 159 cm³/mol. The van der Waals surface area contributed by atoms with Crippen LogP contribution in [0.3, 0.4) is 0 Å². The first-order valence-corrected chi connectivity index (χ1v) is 24.9. The van der Waals surface area contributed by atoms with E-state index in [1.807, 2.05) is 13.8 Å². The van der Waals surface area contributed by atoms with Crippen molar-refractivity contribution in [3.8, 4) is 0 Å². The summed E-state index contributed by atoms with van der Waals surface area (Å²) in [5.74, 6) is -0.609. The van der Waals surface area contributed by atoms with Crippen LogP contribution in [0.15, 0.2) is 9.85 Å². The Morgan fingerprint density at radius 2 is 1.36 bits per heavy atom. The molecular weight excluding hydrogens is 571 g/mol. The SMILES string of the molecule is CCC[CH2][Sn]([CH2]CCC)([CH2]CCC)[C]1=C[C@@H](O[Si](C(C)C)(C(C)C)C(C)C)[C@H]2OC(C)(C)OC[C@H]2O1. The Kier molecular flexibility index (Phi) is 12.9. The Hall–Kier alpha value is 0.436. The molecule has 0 N–H and O–H groups in total. The van der Waals surface area contributed by atoms with E-state index in [2.05, 4.69) is 68.4 Å². The molecule has 1 fully saturated rings. The fraction of sp³-hybridized carbons (Fsp3) is 0.933. The monoisotopic (exact) mass is 632 g/mol. The van der Waals surface area contributed by atoms with Gasteiger partial charge in [0.15, 0.2) is 0 Å². The third kappa shape index (κ3) is 7.54. The van der Waals surface area contributed by atoms with Crippen LogP contribution in [-0.2, 0) is 18.6 Å². The molecule has 0 unspecified atom stereocenters. The van der Waals surface area contributed by atoms with Crippen LogP contribution in [0.25, 0.3) is 0 Å². The van der Waals surface area contributed by atoms with Gasteiger partial charge in [0.2, 0.25) is 0 Å². The summed E-state index contributed by atoms with van der Waals surface area (Å²) in [7, 11) is -2.10. The normalized spacial score (nSPS) is 24.7. The number of hydrogen-bond acceptors (Lipinski definition) is 4. The maximum absolute atomic E-state index is 7.50. The zero-order valence-corrected chi connectivity index (χ0v) is 29.6. The Bertz CT molecular complexity index is 647. The van der Waals surface area contributed by atoms with Gasteiger partial charge in [0.05, 0.1) is 0 Å². The number of ether oxygens (including phenoxy) is 3. The van der Waals surface area contributed by atoms with E-state index in [0.29, 0.717) is 23.2 Å². The van der Waals surface area contributed by atoms with Gasteiger partial charge in [0, 0.05) is 0 Å². The van der Waals surface area contributed by atoms with Crippen molar-refractivity contribution in [3.05, 3.63) is 9.85 Å². The minimum absolute atomic E-state index is 0.0400. The van der Waals surface area contributed by atoms with Gasteiger partial charge in [-0.05, 0) is 0 Å². The van der Waals surface area contributed by atoms with E-state index in [4.69, 9.17) is 18.6 Å². The van der Waals surface area contributed by atoms with Gasteiger partial charge in [0.1, 0.15) is 0 Å². The first-order chi connectivity index (χ1) is 16.9. The van der Waals surface area contributed by atoms with E-state index in [9.17, 15) is 0 Å². The number of fused-ring (bicyclic) bond motifs is 1. The van der Waals surface area contributed by atoms with Crippen molar-refractivity contribution in [1.82, 2.24) is 0 Å². The minimum atomic E-state index is -2.77. The van der Waals surface area contributed by atoms with Crippen LogP contribution in [0.5, 0.6) is 0 Å². The number of hydrogen-bond donors (Lipinski definition) is 0. The molecule has 2 aliphatic rings. The van der Waals surface area contributed by atoms with Crippen LogP contribution in [0.1, 0.15) is 115 Å². The van der Waals surface area contributed by atoms with Gasteiger partial charge in [-0.25, -0.2) is 0 Å². The van der Waals surface area contributed by atoms with Crippen LogP contribution in [0.2, 0.25) is 29.9 Å². The van der Waals surface area contributed by atoms with Gasteiger partial charge in [-0.3, -0.25) is 0 Å². The fourth-order valence-electron chi connectivity index (χ4n) is 6.98. The second kappa shape index (κ2) is 14.2. The van der Waals surface area contributed by atoms with Gasteiger partial charge in [-0.1, -0.05) is 0 Å². The van der Waals surface area contributed by atoms with E-state index in [1.165, 1.54) is 55.6 Å². The molecule has 0 amide bonds. The molecule has 0 aliphatic carbocycles. The van der Waals surface area contributed by atoms with Crippen molar-refractivity contribution in [1.29, 1.82) is 0 Å². The summed E-state index contributed by atoms with van der Waals surface area (Å²) < 4.78 is 32.9. The van der Waals surface area contributed by atoms with Gasteiger partial charge >= 0.3 is 231 Å². The van der Waals surface area contributed by atoms with Crippen molar-refractivity contribution < 1.29 is 18.6 Å². The summed E-state index contributed by atoms with van der Waals surface area (Å²) in [4.78, 5) is 0. The molecule has 0 aromatic heterocycles. The van der Waals surface area contributed by atoms with Gasteiger partial charge in [0.25, 0.3) is 0 Å². The molecule has 0 aromatic rings. The van der Waals surface area contributed by atoms with E-state index >= 15 is 0 Å². The molecule has 36 heavy (non-hydrogen) atoms. The average molecular weight is 632 g/mol. The van der Waals surface area contributed by atoms with Crippen molar-refractivity contribution in [2.45, 2.75) is 169 Å². The molecule has 0 saturated carbocycles. The van der Waals surface area contributed by atoms with Gasteiger partial charge in [-0.2, -0.15) is 0 Å². The average Bonchev–Trinajstić information content (AvgIpc) is 2.81. The number of unbranched alkanes of at least 4 members (excludes halogenated alkanes) is 3. The molecule has 1 saturated heterocycles. The molecule has 4 nitrogen and oxygen atoms in total. The zero-order chi connectivity index (χ0) is 27.1. The molecule has 0 aromatic carbocycles. The molecular formula is C30H60O4SiSn. The van der Waals surface area contributed by atoms with Crippen LogP contribution in [-0.4, -0.2) is 57.4 Å². The van der Waals surface area contributed by atoms with Gasteiger partial charge in [-0.15, -0.1) is 0 Å². The molecule has 2 rings (SSSR count). The summed E-state index contributed by atoms with van der Waals surface area (Å²) in [5, 5.41) is 0. The molecule has 212 valence electrons. The van der Waals surface area contributed by atoms with E-state index < -0.39 is 32.5 Å². The molecule has 6 heteroatoms. The van der Waals surface area contributed by atoms with Crippen molar-refractivity contribution >= 4 is 26.7 Å². The summed E-state index contributed by atoms with van der Waals surface area (Å²) in [6.45, 7) is 26.0. The molecule has 0 spiro atoms. The van der Waals surface area contributed by atoms with Crippen LogP contribution < -0.4 is 0 Å². The third-order valence-corrected chi connectivity index (χ3v) is 30.0. The number of rotatable bonds is 15. The van der Waals surface area contributed by atoms with Crippen molar-refractivity contribution in [2.24, 2.45) is 0 Å². The predicted octanol–water partition coefficient (Wildman–Crippen LogP) is 9.37. The summed E-state index contributed by atoms with van der Waals surface area (Å²) in [6.07, 6.45) is 10.0. The van der Waals surface area contributed by atoms with E-state index in [0.717, 1.165) is 0 Å². The maximum atomic E-state index is 7.50. The van der Waals surface area contributed by atoms with Crippen molar-refractivity contribution in [2.75, 3.05) is 6.61 Å². The fourth-order valence-corrected chi connectivity index (χ4v) is 28.2. The van der Waals surface area contributed by atoms with Gasteiger partial charge < -0.3 is 0 Å². The molecule has 0 radical (unpaired) electrons. The standard InChI is InChI=1S/C18H33O4Si.3C4H9.Sn/c1-12(2)23(13(3)4,14(5)6)22-15-9-10-19-16-11-20-18(7,8)21-17(15)16;3*1-3-4-2;/h9,12-17H,11H2,1-8H3;3*1,3-4H2,2H3;/t15-,16-,17-;;;;/m1..../s1. The second-order valence-electron chi connectivity index (χ2n) is 13.0. The molecule has 2 heterocycles. The molecule has 2 aliphatic heterocycles. The summed E-state index contributed by atoms with van der Waals surface area (Å²) >= 11 is -2.77. The topological polar surface area (TPSA) is 36.9 Å². The Morgan fingerprint density at radius 3 is 1.78 bits per heavy atom. The molecule has 0 bridgehead atoms. The van der Waals surface area contributed by atoms with Crippen LogP contribution in [0.4, 0.5) is 0 Å².